The highest BCUT2D eigenvalue weighted by molar-refractivity contribution is 5.98. The van der Waals surface area contributed by atoms with E-state index in [0.717, 1.165) is 10.8 Å². The van der Waals surface area contributed by atoms with Crippen molar-refractivity contribution in [2.24, 2.45) is 5.92 Å². The molecule has 1 saturated carbocycles. The molecule has 0 aromatic heterocycles. The maximum absolute atomic E-state index is 12.8. The van der Waals surface area contributed by atoms with E-state index in [1.165, 1.54) is 0 Å². The van der Waals surface area contributed by atoms with Gasteiger partial charge in [0.2, 0.25) is 5.91 Å². The van der Waals surface area contributed by atoms with E-state index in [1.807, 2.05) is 30.3 Å². The molecule has 2 aromatic rings. The molecule has 0 aliphatic heterocycles. The summed E-state index contributed by atoms with van der Waals surface area (Å²) in [5.74, 6) is -1.97. The summed E-state index contributed by atoms with van der Waals surface area (Å²) >= 11 is 0. The van der Waals surface area contributed by atoms with Crippen LogP contribution in [0.1, 0.15) is 42.5 Å². The lowest BCUT2D eigenvalue weighted by Crippen LogP contribution is -2.42. The molecule has 0 bridgehead atoms. The van der Waals surface area contributed by atoms with E-state index in [-0.39, 0.29) is 37.6 Å². The van der Waals surface area contributed by atoms with Crippen LogP contribution in [0, 0.1) is 5.92 Å². The fraction of sp³-hybridized carbons (Fsp3) is 0.429. The largest absolute Gasteiger partial charge is 0.391 e. The topological polar surface area (TPSA) is 58.2 Å². The first-order valence-corrected chi connectivity index (χ1v) is 9.46. The summed E-state index contributed by atoms with van der Waals surface area (Å²) in [6.45, 7) is 0.132. The van der Waals surface area contributed by atoms with E-state index in [4.69, 9.17) is 0 Å². The molecule has 0 saturated heterocycles. The fourth-order valence-corrected chi connectivity index (χ4v) is 3.64. The summed E-state index contributed by atoms with van der Waals surface area (Å²) < 4.78 is 38.5. The Kier molecular flexibility index (Phi) is 6.21. The molecule has 2 N–H and O–H groups in total. The predicted octanol–water partition coefficient (Wildman–Crippen LogP) is 4.20. The third kappa shape index (κ3) is 5.24. The molecule has 3 rings (SSSR count). The van der Waals surface area contributed by atoms with E-state index in [2.05, 4.69) is 10.6 Å². The lowest BCUT2D eigenvalue weighted by atomic mass is 9.85. The number of carbonyl (C=O) groups is 2. The molecule has 1 aliphatic rings. The van der Waals surface area contributed by atoms with Crippen molar-refractivity contribution in [2.45, 2.75) is 44.3 Å². The van der Waals surface area contributed by atoms with Crippen molar-refractivity contribution < 1.29 is 22.8 Å². The summed E-state index contributed by atoms with van der Waals surface area (Å²) in [7, 11) is 0. The van der Waals surface area contributed by atoms with Gasteiger partial charge in [-0.1, -0.05) is 36.8 Å². The molecule has 0 radical (unpaired) electrons. The third-order valence-corrected chi connectivity index (χ3v) is 5.15. The number of rotatable bonds is 5. The van der Waals surface area contributed by atoms with Gasteiger partial charge < -0.3 is 10.6 Å². The van der Waals surface area contributed by atoms with Gasteiger partial charge >= 0.3 is 6.18 Å². The number of benzene rings is 2. The zero-order valence-electron chi connectivity index (χ0n) is 15.4. The van der Waals surface area contributed by atoms with Crippen molar-refractivity contribution in [1.82, 2.24) is 10.6 Å². The van der Waals surface area contributed by atoms with Crippen LogP contribution in [0.2, 0.25) is 0 Å². The number of hydrogen-bond donors (Lipinski definition) is 2. The smallest absolute Gasteiger partial charge is 0.353 e. The number of alkyl halides is 3. The minimum Gasteiger partial charge on any atom is -0.353 e. The van der Waals surface area contributed by atoms with Gasteiger partial charge in [-0.15, -0.1) is 0 Å². The van der Waals surface area contributed by atoms with Gasteiger partial charge in [0.15, 0.2) is 0 Å². The Morgan fingerprint density at radius 2 is 1.79 bits per heavy atom. The highest BCUT2D eigenvalue weighted by Crippen LogP contribution is 2.37. The van der Waals surface area contributed by atoms with Gasteiger partial charge in [-0.25, -0.2) is 0 Å². The van der Waals surface area contributed by atoms with Crippen LogP contribution in [0.3, 0.4) is 0 Å². The zero-order valence-corrected chi connectivity index (χ0v) is 15.4. The van der Waals surface area contributed by atoms with Crippen LogP contribution >= 0.6 is 0 Å². The van der Waals surface area contributed by atoms with Crippen LogP contribution in [0.4, 0.5) is 13.2 Å². The number of hydrogen-bond acceptors (Lipinski definition) is 2. The van der Waals surface area contributed by atoms with E-state index in [0.29, 0.717) is 18.4 Å². The SMILES string of the molecule is O=C(CCNC(=O)c1ccc2ccccc2c1)NC1CCCC(C(F)(F)F)C1. The van der Waals surface area contributed by atoms with Crippen molar-refractivity contribution in [1.29, 1.82) is 0 Å². The molecule has 1 aliphatic carbocycles. The van der Waals surface area contributed by atoms with Gasteiger partial charge in [-0.3, -0.25) is 9.59 Å². The summed E-state index contributed by atoms with van der Waals surface area (Å²) in [5.41, 5.74) is 0.499. The number of halogens is 3. The predicted molar refractivity (Wildman–Crippen MR) is 101 cm³/mol. The molecule has 4 nitrogen and oxygen atoms in total. The Balaban J connectivity index is 1.45. The Hall–Kier alpha value is -2.57. The second-order valence-electron chi connectivity index (χ2n) is 7.24. The second kappa shape index (κ2) is 8.63. The Morgan fingerprint density at radius 3 is 2.54 bits per heavy atom. The summed E-state index contributed by atoms with van der Waals surface area (Å²) in [5, 5.41) is 7.33. The van der Waals surface area contributed by atoms with E-state index < -0.39 is 18.1 Å². The Labute approximate surface area is 161 Å². The summed E-state index contributed by atoms with van der Waals surface area (Å²) in [6.07, 6.45) is -3.12. The number of amides is 2. The van der Waals surface area contributed by atoms with Crippen LogP contribution in [-0.2, 0) is 4.79 Å². The van der Waals surface area contributed by atoms with Crippen molar-refractivity contribution in [3.63, 3.8) is 0 Å². The first kappa shape index (κ1) is 20.2. The summed E-state index contributed by atoms with van der Waals surface area (Å²) in [6, 6.07) is 12.6. The molecular weight excluding hydrogens is 369 g/mol. The van der Waals surface area contributed by atoms with E-state index in [1.54, 1.807) is 12.1 Å². The van der Waals surface area contributed by atoms with Crippen LogP contribution < -0.4 is 10.6 Å². The normalized spacial score (nSPS) is 20.0. The van der Waals surface area contributed by atoms with Gasteiger partial charge in [0, 0.05) is 24.6 Å². The second-order valence-corrected chi connectivity index (χ2v) is 7.24. The van der Waals surface area contributed by atoms with Crippen LogP contribution in [0.25, 0.3) is 10.8 Å². The molecule has 0 heterocycles. The molecule has 0 spiro atoms. The highest BCUT2D eigenvalue weighted by atomic mass is 19.4. The molecule has 2 atom stereocenters. The molecule has 2 aromatic carbocycles. The van der Waals surface area contributed by atoms with Crippen LogP contribution in [0.5, 0.6) is 0 Å². The van der Waals surface area contributed by atoms with Gasteiger partial charge in [-0.05, 0) is 42.2 Å². The number of nitrogens with one attached hydrogen (secondary N) is 2. The highest BCUT2D eigenvalue weighted by Gasteiger charge is 2.42. The zero-order chi connectivity index (χ0) is 20.1. The lowest BCUT2D eigenvalue weighted by Gasteiger charge is -2.31. The monoisotopic (exact) mass is 392 g/mol. The summed E-state index contributed by atoms with van der Waals surface area (Å²) in [4.78, 5) is 24.3. The van der Waals surface area contributed by atoms with Crippen LogP contribution in [0.15, 0.2) is 42.5 Å². The fourth-order valence-electron chi connectivity index (χ4n) is 3.64. The minimum absolute atomic E-state index is 0.0342. The molecular formula is C21H23F3N2O2. The van der Waals surface area contributed by atoms with Gasteiger partial charge in [0.25, 0.3) is 5.91 Å². The minimum atomic E-state index is -4.21. The van der Waals surface area contributed by atoms with Crippen molar-refractivity contribution in [3.05, 3.63) is 48.0 Å². The van der Waals surface area contributed by atoms with E-state index in [9.17, 15) is 22.8 Å². The van der Waals surface area contributed by atoms with Gasteiger partial charge in [-0.2, -0.15) is 13.2 Å². The molecule has 28 heavy (non-hydrogen) atoms. The number of carbonyl (C=O) groups excluding carboxylic acids is 2. The van der Waals surface area contributed by atoms with Crippen molar-refractivity contribution >= 4 is 22.6 Å². The lowest BCUT2D eigenvalue weighted by molar-refractivity contribution is -0.184. The Morgan fingerprint density at radius 1 is 1.04 bits per heavy atom. The quantitative estimate of drug-likeness (QED) is 0.801. The third-order valence-electron chi connectivity index (χ3n) is 5.15. The standard InChI is InChI=1S/C21H23F3N2O2/c22-21(23,24)17-6-3-7-18(13-17)26-19(27)10-11-25-20(28)16-9-8-14-4-1-2-5-15(14)12-16/h1-2,4-5,8-9,12,17-18H,3,6-7,10-11,13H2,(H,25,28)(H,26,27). The first-order chi connectivity index (χ1) is 13.3. The average molecular weight is 392 g/mol. The molecule has 150 valence electrons. The maximum Gasteiger partial charge on any atom is 0.391 e. The Bertz CT molecular complexity index is 851. The average Bonchev–Trinajstić information content (AvgIpc) is 2.67. The van der Waals surface area contributed by atoms with E-state index >= 15 is 0 Å². The number of fused-ring (bicyclic) bond motifs is 1. The molecule has 1 fully saturated rings. The maximum atomic E-state index is 12.8. The van der Waals surface area contributed by atoms with Gasteiger partial charge in [0.1, 0.15) is 0 Å². The van der Waals surface area contributed by atoms with Crippen molar-refractivity contribution in [2.75, 3.05) is 6.54 Å². The van der Waals surface area contributed by atoms with Crippen molar-refractivity contribution in [3.8, 4) is 0 Å². The molecule has 7 heteroatoms. The van der Waals surface area contributed by atoms with Gasteiger partial charge in [0.05, 0.1) is 5.92 Å². The molecule has 2 unspecified atom stereocenters. The van der Waals surface area contributed by atoms with Crippen LogP contribution in [-0.4, -0.2) is 30.6 Å². The first-order valence-electron chi connectivity index (χ1n) is 9.46. The molecule has 2 amide bonds.